The van der Waals surface area contributed by atoms with E-state index < -0.39 is 5.97 Å². The lowest BCUT2D eigenvalue weighted by Crippen LogP contribution is -2.15. The van der Waals surface area contributed by atoms with Gasteiger partial charge in [0, 0.05) is 0 Å². The van der Waals surface area contributed by atoms with Crippen molar-refractivity contribution in [2.24, 2.45) is 0 Å². The third kappa shape index (κ3) is 2.49. The maximum absolute atomic E-state index is 12.0. The van der Waals surface area contributed by atoms with E-state index in [1.165, 1.54) is 6.26 Å². The van der Waals surface area contributed by atoms with Crippen molar-refractivity contribution >= 4 is 17.6 Å². The molecule has 0 spiro atoms. The molecule has 98 valence electrons. The normalized spacial score (nSPS) is 10.2. The average molecular weight is 259 g/mol. The van der Waals surface area contributed by atoms with Gasteiger partial charge in [0.2, 0.25) is 0 Å². The number of anilines is 1. The lowest BCUT2D eigenvalue weighted by molar-refractivity contribution is 0.0697. The van der Waals surface area contributed by atoms with E-state index in [1.54, 1.807) is 38.1 Å². The predicted molar refractivity (Wildman–Crippen MR) is 69.5 cm³/mol. The molecule has 0 atom stereocenters. The molecule has 2 N–H and O–H groups in total. The molecule has 1 aromatic carbocycles. The van der Waals surface area contributed by atoms with E-state index in [9.17, 15) is 14.7 Å². The monoisotopic (exact) mass is 259 g/mol. The Balaban J connectivity index is 2.35. The minimum absolute atomic E-state index is 0.0944. The van der Waals surface area contributed by atoms with Gasteiger partial charge in [-0.1, -0.05) is 12.1 Å². The van der Waals surface area contributed by atoms with Crippen molar-refractivity contribution in [3.05, 3.63) is 53.0 Å². The highest BCUT2D eigenvalue weighted by molar-refractivity contribution is 6.08. The summed E-state index contributed by atoms with van der Waals surface area (Å²) in [6.45, 7) is 3.35. The van der Waals surface area contributed by atoms with Crippen LogP contribution in [0.15, 0.2) is 34.9 Å². The molecule has 2 rings (SSSR count). The van der Waals surface area contributed by atoms with Gasteiger partial charge in [-0.2, -0.15) is 0 Å². The molecule has 5 heteroatoms. The molecule has 0 aliphatic heterocycles. The number of carboxylic acids is 1. The first-order valence-electron chi connectivity index (χ1n) is 5.69. The third-order valence-corrected chi connectivity index (χ3v) is 2.84. The van der Waals surface area contributed by atoms with E-state index in [4.69, 9.17) is 4.42 Å². The molecule has 1 heterocycles. The minimum atomic E-state index is -1.07. The zero-order valence-electron chi connectivity index (χ0n) is 10.6. The van der Waals surface area contributed by atoms with Crippen molar-refractivity contribution < 1.29 is 19.1 Å². The van der Waals surface area contributed by atoms with Gasteiger partial charge >= 0.3 is 5.97 Å². The van der Waals surface area contributed by atoms with Gasteiger partial charge in [0.15, 0.2) is 0 Å². The first kappa shape index (κ1) is 12.9. The second kappa shape index (κ2) is 4.97. The van der Waals surface area contributed by atoms with E-state index in [0.717, 1.165) is 0 Å². The molecule has 0 fully saturated rings. The van der Waals surface area contributed by atoms with Crippen LogP contribution < -0.4 is 5.32 Å². The SMILES string of the molecule is Cc1cccc(NC(=O)c2ccoc2C)c1C(=O)O. The number of nitrogens with one attached hydrogen (secondary N) is 1. The number of aromatic carboxylic acids is 1. The molecular weight excluding hydrogens is 246 g/mol. The van der Waals surface area contributed by atoms with Crippen LogP contribution in [0, 0.1) is 13.8 Å². The molecular formula is C14H13NO4. The average Bonchev–Trinajstić information content (AvgIpc) is 2.75. The van der Waals surface area contributed by atoms with E-state index in [1.807, 2.05) is 0 Å². The van der Waals surface area contributed by atoms with Crippen LogP contribution in [0.5, 0.6) is 0 Å². The zero-order valence-corrected chi connectivity index (χ0v) is 10.6. The number of rotatable bonds is 3. The maximum Gasteiger partial charge on any atom is 0.338 e. The molecule has 2 aromatic rings. The summed E-state index contributed by atoms with van der Waals surface area (Å²) in [4.78, 5) is 23.2. The van der Waals surface area contributed by atoms with Crippen molar-refractivity contribution in [1.82, 2.24) is 0 Å². The van der Waals surface area contributed by atoms with E-state index >= 15 is 0 Å². The van der Waals surface area contributed by atoms with E-state index in [0.29, 0.717) is 16.9 Å². The van der Waals surface area contributed by atoms with Gasteiger partial charge in [-0.3, -0.25) is 4.79 Å². The maximum atomic E-state index is 12.0. The Hall–Kier alpha value is -2.56. The van der Waals surface area contributed by atoms with Crippen molar-refractivity contribution in [3.63, 3.8) is 0 Å². The van der Waals surface area contributed by atoms with Crippen LogP contribution in [-0.4, -0.2) is 17.0 Å². The van der Waals surface area contributed by atoms with Gasteiger partial charge < -0.3 is 14.8 Å². The smallest absolute Gasteiger partial charge is 0.338 e. The number of carboxylic acid groups (broad SMARTS) is 1. The summed E-state index contributed by atoms with van der Waals surface area (Å²) in [5.74, 6) is -0.973. The van der Waals surface area contributed by atoms with Gasteiger partial charge in [-0.25, -0.2) is 4.79 Å². The predicted octanol–water partition coefficient (Wildman–Crippen LogP) is 2.85. The summed E-state index contributed by atoms with van der Waals surface area (Å²) in [5.41, 5.74) is 1.35. The molecule has 0 saturated carbocycles. The third-order valence-electron chi connectivity index (χ3n) is 2.84. The van der Waals surface area contributed by atoms with Gasteiger partial charge in [-0.15, -0.1) is 0 Å². The Bertz CT molecular complexity index is 643. The molecule has 1 amide bonds. The highest BCUT2D eigenvalue weighted by atomic mass is 16.4. The fourth-order valence-corrected chi connectivity index (χ4v) is 1.87. The first-order valence-corrected chi connectivity index (χ1v) is 5.69. The summed E-state index contributed by atoms with van der Waals surface area (Å²) in [6.07, 6.45) is 1.42. The van der Waals surface area contributed by atoms with Gasteiger partial charge in [0.05, 0.1) is 23.1 Å². The van der Waals surface area contributed by atoms with Crippen LogP contribution in [0.3, 0.4) is 0 Å². The molecule has 0 bridgehead atoms. The van der Waals surface area contributed by atoms with E-state index in [-0.39, 0.29) is 17.2 Å². The van der Waals surface area contributed by atoms with Gasteiger partial charge in [0.1, 0.15) is 5.76 Å². The molecule has 0 aliphatic rings. The standard InChI is InChI=1S/C14H13NO4/c1-8-4-3-5-11(12(8)14(17)18)15-13(16)10-6-7-19-9(10)2/h3-7H,1-2H3,(H,15,16)(H,17,18). The summed E-state index contributed by atoms with van der Waals surface area (Å²) in [6, 6.07) is 6.48. The van der Waals surface area contributed by atoms with Crippen molar-refractivity contribution in [2.75, 3.05) is 5.32 Å². The number of carbonyl (C=O) groups excluding carboxylic acids is 1. The Labute approximate surface area is 109 Å². The summed E-state index contributed by atoms with van der Waals surface area (Å²) in [5, 5.41) is 11.8. The van der Waals surface area contributed by atoms with Gasteiger partial charge in [0.25, 0.3) is 5.91 Å². The zero-order chi connectivity index (χ0) is 14.0. The number of amides is 1. The van der Waals surface area contributed by atoms with Crippen LogP contribution in [0.25, 0.3) is 0 Å². The molecule has 0 unspecified atom stereocenters. The summed E-state index contributed by atoms with van der Waals surface area (Å²) >= 11 is 0. The van der Waals surface area contributed by atoms with Crippen LogP contribution >= 0.6 is 0 Å². The molecule has 1 aromatic heterocycles. The fraction of sp³-hybridized carbons (Fsp3) is 0.143. The van der Waals surface area contributed by atoms with Crippen LogP contribution in [0.4, 0.5) is 5.69 Å². The second-order valence-corrected chi connectivity index (χ2v) is 4.15. The lowest BCUT2D eigenvalue weighted by atomic mass is 10.1. The minimum Gasteiger partial charge on any atom is -0.478 e. The quantitative estimate of drug-likeness (QED) is 0.888. The largest absolute Gasteiger partial charge is 0.478 e. The highest BCUT2D eigenvalue weighted by Crippen LogP contribution is 2.21. The molecule has 0 radical (unpaired) electrons. The van der Waals surface area contributed by atoms with E-state index in [2.05, 4.69) is 5.32 Å². The molecule has 5 nitrogen and oxygen atoms in total. The number of carbonyl (C=O) groups is 2. The number of furan rings is 1. The van der Waals surface area contributed by atoms with Crippen LogP contribution in [0.1, 0.15) is 32.0 Å². The van der Waals surface area contributed by atoms with Crippen LogP contribution in [-0.2, 0) is 0 Å². The van der Waals surface area contributed by atoms with Crippen molar-refractivity contribution in [3.8, 4) is 0 Å². The number of aryl methyl sites for hydroxylation is 2. The summed E-state index contributed by atoms with van der Waals surface area (Å²) < 4.78 is 5.05. The Morgan fingerprint density at radius 1 is 1.21 bits per heavy atom. The first-order chi connectivity index (χ1) is 9.00. The highest BCUT2D eigenvalue weighted by Gasteiger charge is 2.17. The Morgan fingerprint density at radius 3 is 2.53 bits per heavy atom. The second-order valence-electron chi connectivity index (χ2n) is 4.15. The number of hydrogen-bond donors (Lipinski definition) is 2. The Morgan fingerprint density at radius 2 is 1.95 bits per heavy atom. The molecule has 0 aliphatic carbocycles. The topological polar surface area (TPSA) is 79.5 Å². The number of benzene rings is 1. The van der Waals surface area contributed by atoms with Gasteiger partial charge in [-0.05, 0) is 31.5 Å². The van der Waals surface area contributed by atoms with Crippen LogP contribution in [0.2, 0.25) is 0 Å². The number of hydrogen-bond acceptors (Lipinski definition) is 3. The lowest BCUT2D eigenvalue weighted by Gasteiger charge is -2.10. The van der Waals surface area contributed by atoms with Crippen molar-refractivity contribution in [2.45, 2.75) is 13.8 Å². The fourth-order valence-electron chi connectivity index (χ4n) is 1.87. The Kier molecular flexibility index (Phi) is 3.37. The molecule has 0 saturated heterocycles. The summed E-state index contributed by atoms with van der Waals surface area (Å²) in [7, 11) is 0. The van der Waals surface area contributed by atoms with Crippen molar-refractivity contribution in [1.29, 1.82) is 0 Å². The molecule has 19 heavy (non-hydrogen) atoms.